The highest BCUT2D eigenvalue weighted by Gasteiger charge is 2.42. The van der Waals surface area contributed by atoms with Crippen LogP contribution >= 0.6 is 0 Å². The fourth-order valence-electron chi connectivity index (χ4n) is 1.79. The minimum atomic E-state index is -1.29. The first kappa shape index (κ1) is 11.9. The van der Waals surface area contributed by atoms with E-state index in [1.807, 2.05) is 0 Å². The number of aliphatic hydroxyl groups is 1. The number of rotatable bonds is 2. The van der Waals surface area contributed by atoms with Crippen molar-refractivity contribution in [3.8, 4) is 0 Å². The summed E-state index contributed by atoms with van der Waals surface area (Å²) in [5.74, 6) is -3.16. The van der Waals surface area contributed by atoms with E-state index >= 15 is 0 Å². The van der Waals surface area contributed by atoms with E-state index in [4.69, 9.17) is 0 Å². The fourth-order valence-corrected chi connectivity index (χ4v) is 1.79. The quantitative estimate of drug-likeness (QED) is 0.786. The summed E-state index contributed by atoms with van der Waals surface area (Å²) < 4.78 is 26.1. The summed E-state index contributed by atoms with van der Waals surface area (Å²) in [5.41, 5.74) is -1.24. The van der Waals surface area contributed by atoms with Crippen molar-refractivity contribution in [3.05, 3.63) is 29.6 Å². The molecule has 1 aliphatic heterocycles. The van der Waals surface area contributed by atoms with Gasteiger partial charge in [-0.3, -0.25) is 4.79 Å². The second-order valence-corrected chi connectivity index (χ2v) is 4.20. The Balaban J connectivity index is 2.15. The second-order valence-electron chi connectivity index (χ2n) is 4.20. The molecule has 1 amide bonds. The molecular formula is C11H12F2N2O2. The Kier molecular flexibility index (Phi) is 2.82. The van der Waals surface area contributed by atoms with Crippen LogP contribution in [0.4, 0.5) is 8.78 Å². The highest BCUT2D eigenvalue weighted by atomic mass is 19.2. The predicted octanol–water partition coefficient (Wildman–Crippen LogP) is 0.957. The maximum atomic E-state index is 13.3. The number of carbonyl (C=O) groups excluding carboxylic acids is 1. The molecule has 17 heavy (non-hydrogen) atoms. The SMILES string of the molecule is CCC1(O)CN(C(=O)c2ccnc(F)c2F)C1. The van der Waals surface area contributed by atoms with Crippen LogP contribution in [0.5, 0.6) is 0 Å². The Morgan fingerprint density at radius 1 is 1.59 bits per heavy atom. The van der Waals surface area contributed by atoms with Crippen LogP contribution in [0, 0.1) is 11.8 Å². The molecule has 4 nitrogen and oxygen atoms in total. The van der Waals surface area contributed by atoms with Crippen LogP contribution in [0.25, 0.3) is 0 Å². The fraction of sp³-hybridized carbons (Fsp3) is 0.455. The molecule has 1 aromatic rings. The molecule has 0 aliphatic carbocycles. The zero-order valence-electron chi connectivity index (χ0n) is 9.28. The Bertz CT molecular complexity index is 459. The molecule has 2 rings (SSSR count). The van der Waals surface area contributed by atoms with Gasteiger partial charge in [-0.2, -0.15) is 4.39 Å². The van der Waals surface area contributed by atoms with Crippen molar-refractivity contribution in [3.63, 3.8) is 0 Å². The molecule has 92 valence electrons. The Morgan fingerprint density at radius 2 is 2.24 bits per heavy atom. The predicted molar refractivity (Wildman–Crippen MR) is 55.3 cm³/mol. The first-order valence-corrected chi connectivity index (χ1v) is 5.28. The molecule has 0 aromatic carbocycles. The number of halogens is 2. The number of β-amino-alcohol motifs (C(OH)–C–C–N with tert-alkyl or cyclic N) is 1. The Labute approximate surface area is 96.9 Å². The molecule has 0 saturated carbocycles. The maximum Gasteiger partial charge on any atom is 0.257 e. The summed E-state index contributed by atoms with van der Waals surface area (Å²) >= 11 is 0. The van der Waals surface area contributed by atoms with Crippen molar-refractivity contribution in [1.82, 2.24) is 9.88 Å². The molecule has 0 unspecified atom stereocenters. The minimum Gasteiger partial charge on any atom is -0.386 e. The van der Waals surface area contributed by atoms with Crippen LogP contribution < -0.4 is 0 Å². The number of nitrogens with zero attached hydrogens (tertiary/aromatic N) is 2. The van der Waals surface area contributed by atoms with Gasteiger partial charge in [0.05, 0.1) is 24.3 Å². The van der Waals surface area contributed by atoms with Gasteiger partial charge in [0.2, 0.25) is 5.95 Å². The van der Waals surface area contributed by atoms with E-state index in [-0.39, 0.29) is 18.7 Å². The molecule has 1 fully saturated rings. The topological polar surface area (TPSA) is 53.4 Å². The molecule has 0 spiro atoms. The third kappa shape index (κ3) is 2.00. The van der Waals surface area contributed by atoms with Crippen molar-refractivity contribution >= 4 is 5.91 Å². The lowest BCUT2D eigenvalue weighted by atomic mass is 9.91. The van der Waals surface area contributed by atoms with Crippen LogP contribution in [-0.2, 0) is 0 Å². The van der Waals surface area contributed by atoms with Crippen LogP contribution in [0.2, 0.25) is 0 Å². The summed E-state index contributed by atoms with van der Waals surface area (Å²) in [4.78, 5) is 16.2. The van der Waals surface area contributed by atoms with Crippen molar-refractivity contribution in [2.45, 2.75) is 18.9 Å². The molecule has 1 aromatic heterocycles. The first-order chi connectivity index (χ1) is 7.97. The van der Waals surface area contributed by atoms with Crippen LogP contribution in [0.3, 0.4) is 0 Å². The van der Waals surface area contributed by atoms with Gasteiger partial charge < -0.3 is 10.0 Å². The summed E-state index contributed by atoms with van der Waals surface area (Å²) in [7, 11) is 0. The van der Waals surface area contributed by atoms with Crippen molar-refractivity contribution < 1.29 is 18.7 Å². The Morgan fingerprint density at radius 3 is 2.82 bits per heavy atom. The monoisotopic (exact) mass is 242 g/mol. The van der Waals surface area contributed by atoms with Gasteiger partial charge in [-0.05, 0) is 12.5 Å². The van der Waals surface area contributed by atoms with Crippen molar-refractivity contribution in [2.24, 2.45) is 0 Å². The maximum absolute atomic E-state index is 13.3. The lowest BCUT2D eigenvalue weighted by molar-refractivity contribution is -0.0828. The molecule has 0 radical (unpaired) electrons. The van der Waals surface area contributed by atoms with E-state index in [9.17, 15) is 18.7 Å². The van der Waals surface area contributed by atoms with Gasteiger partial charge in [0, 0.05) is 6.20 Å². The molecule has 6 heteroatoms. The average Bonchev–Trinajstić information content (AvgIpc) is 2.28. The standard InChI is InChI=1S/C11H12F2N2O2/c1-2-11(17)5-15(6-11)10(16)7-3-4-14-9(13)8(7)12/h3-4,17H,2,5-6H2,1H3. The number of pyridine rings is 1. The van der Waals surface area contributed by atoms with E-state index in [2.05, 4.69) is 4.98 Å². The van der Waals surface area contributed by atoms with Gasteiger partial charge >= 0.3 is 0 Å². The normalized spacial score (nSPS) is 17.8. The summed E-state index contributed by atoms with van der Waals surface area (Å²) in [5, 5.41) is 9.73. The third-order valence-corrected chi connectivity index (χ3v) is 2.99. The lowest BCUT2D eigenvalue weighted by Crippen LogP contribution is -2.63. The second kappa shape index (κ2) is 4.03. The smallest absolute Gasteiger partial charge is 0.257 e. The van der Waals surface area contributed by atoms with Gasteiger partial charge in [-0.15, -0.1) is 0 Å². The van der Waals surface area contributed by atoms with Crippen LogP contribution in [-0.4, -0.2) is 39.6 Å². The van der Waals surface area contributed by atoms with E-state index in [0.717, 1.165) is 12.3 Å². The van der Waals surface area contributed by atoms with Gasteiger partial charge in [-0.25, -0.2) is 9.37 Å². The summed E-state index contributed by atoms with van der Waals surface area (Å²) in [6.07, 6.45) is 1.56. The van der Waals surface area contributed by atoms with E-state index in [1.165, 1.54) is 4.90 Å². The summed E-state index contributed by atoms with van der Waals surface area (Å²) in [6.45, 7) is 2.09. The zero-order valence-corrected chi connectivity index (χ0v) is 9.28. The third-order valence-electron chi connectivity index (χ3n) is 2.99. The number of aromatic nitrogens is 1. The van der Waals surface area contributed by atoms with Gasteiger partial charge in [-0.1, -0.05) is 6.92 Å². The molecule has 0 atom stereocenters. The van der Waals surface area contributed by atoms with Gasteiger partial charge in [0.15, 0.2) is 5.82 Å². The molecular weight excluding hydrogens is 230 g/mol. The lowest BCUT2D eigenvalue weighted by Gasteiger charge is -2.46. The van der Waals surface area contributed by atoms with Crippen LogP contribution in [0.1, 0.15) is 23.7 Å². The van der Waals surface area contributed by atoms with E-state index in [1.54, 1.807) is 6.92 Å². The van der Waals surface area contributed by atoms with Crippen molar-refractivity contribution in [1.29, 1.82) is 0 Å². The highest BCUT2D eigenvalue weighted by Crippen LogP contribution is 2.26. The van der Waals surface area contributed by atoms with Crippen molar-refractivity contribution in [2.75, 3.05) is 13.1 Å². The van der Waals surface area contributed by atoms with Gasteiger partial charge in [0.1, 0.15) is 0 Å². The Hall–Kier alpha value is -1.56. The molecule has 1 aliphatic rings. The molecule has 0 bridgehead atoms. The largest absolute Gasteiger partial charge is 0.386 e. The zero-order chi connectivity index (χ0) is 12.6. The first-order valence-electron chi connectivity index (χ1n) is 5.28. The minimum absolute atomic E-state index is 0.145. The van der Waals surface area contributed by atoms with Gasteiger partial charge in [0.25, 0.3) is 5.91 Å². The average molecular weight is 242 g/mol. The van der Waals surface area contributed by atoms with E-state index in [0.29, 0.717) is 6.42 Å². The van der Waals surface area contributed by atoms with Crippen LogP contribution in [0.15, 0.2) is 12.3 Å². The van der Waals surface area contributed by atoms with E-state index < -0.39 is 23.3 Å². The number of carbonyl (C=O) groups is 1. The molecule has 1 saturated heterocycles. The number of hydrogen-bond acceptors (Lipinski definition) is 3. The number of likely N-dealkylation sites (tertiary alicyclic amines) is 1. The molecule has 2 heterocycles. The highest BCUT2D eigenvalue weighted by molar-refractivity contribution is 5.95. The number of amides is 1. The summed E-state index contributed by atoms with van der Waals surface area (Å²) in [6, 6.07) is 1.13. The molecule has 1 N–H and O–H groups in total. The number of hydrogen-bond donors (Lipinski definition) is 1.